The van der Waals surface area contributed by atoms with Gasteiger partial charge in [-0.3, -0.25) is 10.1 Å². The summed E-state index contributed by atoms with van der Waals surface area (Å²) in [6, 6.07) is 1.89. The van der Waals surface area contributed by atoms with E-state index in [2.05, 4.69) is 20.2 Å². The van der Waals surface area contributed by atoms with Crippen LogP contribution in [0.2, 0.25) is 0 Å². The lowest BCUT2D eigenvalue weighted by Gasteiger charge is -1.96. The fourth-order valence-corrected chi connectivity index (χ4v) is 1.36. The first-order chi connectivity index (χ1) is 8.20. The van der Waals surface area contributed by atoms with Gasteiger partial charge < -0.3 is 4.74 Å². The zero-order valence-corrected chi connectivity index (χ0v) is 9.60. The Kier molecular flexibility index (Phi) is 3.13. The number of aromatic amines is 1. The Labute approximate surface area is 98.1 Å². The van der Waals surface area contributed by atoms with Crippen molar-refractivity contribution >= 4 is 5.97 Å². The third-order valence-electron chi connectivity index (χ3n) is 2.09. The van der Waals surface area contributed by atoms with Crippen LogP contribution in [0.5, 0.6) is 0 Å². The number of pyridine rings is 1. The van der Waals surface area contributed by atoms with E-state index in [9.17, 15) is 4.79 Å². The number of aryl methyl sites for hydroxylation is 1. The second-order valence-electron chi connectivity index (χ2n) is 3.48. The Morgan fingerprint density at radius 1 is 1.47 bits per heavy atom. The Morgan fingerprint density at radius 3 is 3.00 bits per heavy atom. The molecule has 0 saturated heterocycles. The molecule has 0 aliphatic rings. The summed E-state index contributed by atoms with van der Waals surface area (Å²) in [4.78, 5) is 19.5. The highest BCUT2D eigenvalue weighted by atomic mass is 16.5. The van der Waals surface area contributed by atoms with Crippen molar-refractivity contribution in [3.8, 4) is 11.4 Å². The average Bonchev–Trinajstić information content (AvgIpc) is 2.78. The van der Waals surface area contributed by atoms with E-state index >= 15 is 0 Å². The maximum absolute atomic E-state index is 11.4. The number of ether oxygens (including phenoxy) is 1. The number of aromatic nitrogens is 4. The standard InChI is InChI=1S/C11H12N4O2/c1-3-17-11(16)10-13-9(14-15-10)8-4-7(2)5-12-6-8/h4-6H,3H2,1-2H3,(H,13,14,15). The summed E-state index contributed by atoms with van der Waals surface area (Å²) in [5, 5.41) is 6.50. The number of rotatable bonds is 3. The average molecular weight is 232 g/mol. The Hall–Kier alpha value is -2.24. The van der Waals surface area contributed by atoms with E-state index in [1.165, 1.54) is 0 Å². The number of carbonyl (C=O) groups is 1. The fraction of sp³-hybridized carbons (Fsp3) is 0.273. The maximum atomic E-state index is 11.4. The molecule has 0 fully saturated rings. The van der Waals surface area contributed by atoms with Crippen molar-refractivity contribution in [2.45, 2.75) is 13.8 Å². The van der Waals surface area contributed by atoms with E-state index in [0.29, 0.717) is 12.4 Å². The topological polar surface area (TPSA) is 80.8 Å². The second-order valence-corrected chi connectivity index (χ2v) is 3.48. The van der Waals surface area contributed by atoms with Crippen molar-refractivity contribution in [1.29, 1.82) is 0 Å². The molecule has 0 amide bonds. The van der Waals surface area contributed by atoms with E-state index in [0.717, 1.165) is 11.1 Å². The van der Waals surface area contributed by atoms with Crippen molar-refractivity contribution in [3.05, 3.63) is 29.8 Å². The lowest BCUT2D eigenvalue weighted by molar-refractivity contribution is 0.0512. The first kappa shape index (κ1) is 11.3. The van der Waals surface area contributed by atoms with Crippen LogP contribution in [-0.4, -0.2) is 32.7 Å². The molecule has 0 spiro atoms. The lowest BCUT2D eigenvalue weighted by Crippen LogP contribution is -2.06. The summed E-state index contributed by atoms with van der Waals surface area (Å²) in [6.07, 6.45) is 3.38. The van der Waals surface area contributed by atoms with Crippen LogP contribution >= 0.6 is 0 Å². The first-order valence-electron chi connectivity index (χ1n) is 5.22. The van der Waals surface area contributed by atoms with E-state index in [-0.39, 0.29) is 5.82 Å². The van der Waals surface area contributed by atoms with Crippen LogP contribution in [0.4, 0.5) is 0 Å². The molecule has 1 N–H and O–H groups in total. The number of nitrogens with zero attached hydrogens (tertiary/aromatic N) is 3. The molecule has 2 aromatic heterocycles. The summed E-state index contributed by atoms with van der Waals surface area (Å²) in [5.41, 5.74) is 1.77. The maximum Gasteiger partial charge on any atom is 0.375 e. The molecular weight excluding hydrogens is 220 g/mol. The minimum Gasteiger partial charge on any atom is -0.460 e. The SMILES string of the molecule is CCOC(=O)c1nc(-c2cncc(C)c2)n[nH]1. The van der Waals surface area contributed by atoms with Crippen molar-refractivity contribution in [2.24, 2.45) is 0 Å². The van der Waals surface area contributed by atoms with Gasteiger partial charge in [0, 0.05) is 18.0 Å². The van der Waals surface area contributed by atoms with Gasteiger partial charge in [-0.2, -0.15) is 5.10 Å². The Morgan fingerprint density at radius 2 is 2.29 bits per heavy atom. The van der Waals surface area contributed by atoms with Crippen molar-refractivity contribution in [2.75, 3.05) is 6.61 Å². The van der Waals surface area contributed by atoms with Crippen LogP contribution in [0.15, 0.2) is 18.5 Å². The quantitative estimate of drug-likeness (QED) is 0.808. The third kappa shape index (κ3) is 2.47. The number of H-pyrrole nitrogens is 1. The van der Waals surface area contributed by atoms with Gasteiger partial charge in [-0.05, 0) is 25.5 Å². The molecular formula is C11H12N4O2. The van der Waals surface area contributed by atoms with Gasteiger partial charge >= 0.3 is 5.97 Å². The van der Waals surface area contributed by atoms with E-state index in [1.807, 2.05) is 13.0 Å². The van der Waals surface area contributed by atoms with E-state index in [1.54, 1.807) is 19.3 Å². The van der Waals surface area contributed by atoms with Gasteiger partial charge in [-0.25, -0.2) is 9.78 Å². The zero-order chi connectivity index (χ0) is 12.3. The van der Waals surface area contributed by atoms with Gasteiger partial charge in [0.05, 0.1) is 6.61 Å². The molecule has 0 aliphatic heterocycles. The second kappa shape index (κ2) is 4.73. The van der Waals surface area contributed by atoms with Gasteiger partial charge in [0.1, 0.15) is 0 Å². The number of nitrogens with one attached hydrogen (secondary N) is 1. The molecule has 2 aromatic rings. The Balaban J connectivity index is 2.27. The highest BCUT2D eigenvalue weighted by Gasteiger charge is 2.13. The summed E-state index contributed by atoms with van der Waals surface area (Å²) < 4.78 is 4.81. The number of esters is 1. The van der Waals surface area contributed by atoms with Crippen LogP contribution in [0.25, 0.3) is 11.4 Å². The summed E-state index contributed by atoms with van der Waals surface area (Å²) in [5.74, 6) is 0.0273. The minimum atomic E-state index is -0.508. The smallest absolute Gasteiger partial charge is 0.375 e. The summed E-state index contributed by atoms with van der Waals surface area (Å²) in [7, 11) is 0. The van der Waals surface area contributed by atoms with Crippen molar-refractivity contribution < 1.29 is 9.53 Å². The molecule has 0 aromatic carbocycles. The molecule has 2 heterocycles. The highest BCUT2D eigenvalue weighted by Crippen LogP contribution is 2.14. The van der Waals surface area contributed by atoms with Crippen LogP contribution < -0.4 is 0 Å². The van der Waals surface area contributed by atoms with Crippen LogP contribution in [0, 0.1) is 6.92 Å². The van der Waals surface area contributed by atoms with Crippen LogP contribution in [0.3, 0.4) is 0 Å². The molecule has 0 saturated carbocycles. The first-order valence-corrected chi connectivity index (χ1v) is 5.22. The van der Waals surface area contributed by atoms with Crippen molar-refractivity contribution in [1.82, 2.24) is 20.2 Å². The lowest BCUT2D eigenvalue weighted by atomic mass is 10.2. The van der Waals surface area contributed by atoms with E-state index in [4.69, 9.17) is 4.74 Å². The summed E-state index contributed by atoms with van der Waals surface area (Å²) >= 11 is 0. The predicted molar refractivity (Wildman–Crippen MR) is 60.3 cm³/mol. The number of hydrogen-bond donors (Lipinski definition) is 1. The molecule has 88 valence electrons. The third-order valence-corrected chi connectivity index (χ3v) is 2.09. The monoisotopic (exact) mass is 232 g/mol. The number of hydrogen-bond acceptors (Lipinski definition) is 5. The highest BCUT2D eigenvalue weighted by molar-refractivity contribution is 5.85. The Bertz CT molecular complexity index is 536. The molecule has 0 aliphatic carbocycles. The molecule has 6 nitrogen and oxygen atoms in total. The molecule has 2 rings (SSSR count). The van der Waals surface area contributed by atoms with Gasteiger partial charge in [-0.1, -0.05) is 0 Å². The molecule has 0 unspecified atom stereocenters. The van der Waals surface area contributed by atoms with Gasteiger partial charge in [0.15, 0.2) is 5.82 Å². The zero-order valence-electron chi connectivity index (χ0n) is 9.60. The molecule has 17 heavy (non-hydrogen) atoms. The fourth-order valence-electron chi connectivity index (χ4n) is 1.36. The predicted octanol–water partition coefficient (Wildman–Crippen LogP) is 1.35. The largest absolute Gasteiger partial charge is 0.460 e. The van der Waals surface area contributed by atoms with Gasteiger partial charge in [0.2, 0.25) is 5.82 Å². The number of carbonyl (C=O) groups excluding carboxylic acids is 1. The normalized spacial score (nSPS) is 10.2. The van der Waals surface area contributed by atoms with Crippen LogP contribution in [-0.2, 0) is 4.74 Å². The molecule has 6 heteroatoms. The molecule has 0 bridgehead atoms. The minimum absolute atomic E-state index is 0.100. The van der Waals surface area contributed by atoms with Gasteiger partial charge in [0.25, 0.3) is 0 Å². The summed E-state index contributed by atoms with van der Waals surface area (Å²) in [6.45, 7) is 3.97. The van der Waals surface area contributed by atoms with Gasteiger partial charge in [-0.15, -0.1) is 0 Å². The molecule has 0 radical (unpaired) electrons. The van der Waals surface area contributed by atoms with Crippen LogP contribution in [0.1, 0.15) is 23.1 Å². The van der Waals surface area contributed by atoms with E-state index < -0.39 is 5.97 Å². The molecule has 0 atom stereocenters. The van der Waals surface area contributed by atoms with Crippen molar-refractivity contribution in [3.63, 3.8) is 0 Å².